The topological polar surface area (TPSA) is 95.3 Å². The summed E-state index contributed by atoms with van der Waals surface area (Å²) in [4.78, 5) is 28.5. The summed E-state index contributed by atoms with van der Waals surface area (Å²) in [6, 6.07) is 10.6. The van der Waals surface area contributed by atoms with Crippen molar-refractivity contribution in [2.75, 3.05) is 7.11 Å². The minimum Gasteiger partial charge on any atom is -0.465 e. The standard InChI is InChI=1S/C18H14N2O5S/c1-25-18(22)15-7-9-19-11-16(15)17(21)13-8-10-20(12-13)26(23,24)14-5-3-2-4-6-14/h2-12H,1H3. The van der Waals surface area contributed by atoms with Crippen molar-refractivity contribution in [3.63, 3.8) is 0 Å². The first-order valence-electron chi connectivity index (χ1n) is 7.51. The van der Waals surface area contributed by atoms with Crippen molar-refractivity contribution in [2.24, 2.45) is 0 Å². The highest BCUT2D eigenvalue weighted by atomic mass is 32.2. The molecule has 7 nitrogen and oxygen atoms in total. The molecular weight excluding hydrogens is 356 g/mol. The number of esters is 1. The molecule has 2 aromatic heterocycles. The van der Waals surface area contributed by atoms with Gasteiger partial charge in [0, 0.05) is 30.4 Å². The Labute approximate surface area is 149 Å². The van der Waals surface area contributed by atoms with Gasteiger partial charge in [0.2, 0.25) is 0 Å². The Balaban J connectivity index is 1.99. The van der Waals surface area contributed by atoms with Gasteiger partial charge in [0.15, 0.2) is 5.78 Å². The summed E-state index contributed by atoms with van der Waals surface area (Å²) in [7, 11) is -2.60. The van der Waals surface area contributed by atoms with E-state index < -0.39 is 21.8 Å². The predicted molar refractivity (Wildman–Crippen MR) is 92.5 cm³/mol. The van der Waals surface area contributed by atoms with E-state index in [0.29, 0.717) is 0 Å². The third kappa shape index (κ3) is 3.14. The number of rotatable bonds is 5. The molecule has 26 heavy (non-hydrogen) atoms. The van der Waals surface area contributed by atoms with Crippen LogP contribution < -0.4 is 0 Å². The molecule has 0 bridgehead atoms. The molecule has 0 unspecified atom stereocenters. The number of nitrogens with zero attached hydrogens (tertiary/aromatic N) is 2. The third-order valence-electron chi connectivity index (χ3n) is 3.72. The molecule has 3 rings (SSSR count). The van der Waals surface area contributed by atoms with Crippen LogP contribution in [0.5, 0.6) is 0 Å². The van der Waals surface area contributed by atoms with E-state index in [4.69, 9.17) is 0 Å². The van der Waals surface area contributed by atoms with Gasteiger partial charge in [-0.05, 0) is 24.3 Å². The molecule has 8 heteroatoms. The lowest BCUT2D eigenvalue weighted by molar-refractivity contribution is 0.0597. The van der Waals surface area contributed by atoms with Gasteiger partial charge in [-0.1, -0.05) is 18.2 Å². The zero-order valence-corrected chi connectivity index (χ0v) is 14.5. The number of ether oxygens (including phenoxy) is 1. The summed E-state index contributed by atoms with van der Waals surface area (Å²) in [5, 5.41) is 0. The van der Waals surface area contributed by atoms with Gasteiger partial charge >= 0.3 is 5.97 Å². The molecular formula is C18H14N2O5S. The van der Waals surface area contributed by atoms with Crippen LogP contribution in [-0.2, 0) is 14.8 Å². The normalized spacial score (nSPS) is 11.1. The summed E-state index contributed by atoms with van der Waals surface area (Å²) >= 11 is 0. The van der Waals surface area contributed by atoms with Crippen LogP contribution in [0.4, 0.5) is 0 Å². The van der Waals surface area contributed by atoms with Crippen molar-refractivity contribution < 1.29 is 22.7 Å². The Bertz CT molecular complexity index is 1070. The first kappa shape index (κ1) is 17.6. The Kier molecular flexibility index (Phi) is 4.68. The Morgan fingerprint density at radius 2 is 1.77 bits per heavy atom. The van der Waals surface area contributed by atoms with Crippen molar-refractivity contribution in [3.05, 3.63) is 83.9 Å². The summed E-state index contributed by atoms with van der Waals surface area (Å²) in [6.45, 7) is 0. The highest BCUT2D eigenvalue weighted by Crippen LogP contribution is 2.18. The highest BCUT2D eigenvalue weighted by molar-refractivity contribution is 7.90. The second kappa shape index (κ2) is 6.93. The summed E-state index contributed by atoms with van der Waals surface area (Å²) in [5.41, 5.74) is 0.211. The number of aromatic nitrogens is 2. The fourth-order valence-corrected chi connectivity index (χ4v) is 3.61. The van der Waals surface area contributed by atoms with Gasteiger partial charge in [0.1, 0.15) is 0 Å². The van der Waals surface area contributed by atoms with E-state index in [1.54, 1.807) is 18.2 Å². The van der Waals surface area contributed by atoms with Gasteiger partial charge in [-0.15, -0.1) is 0 Å². The van der Waals surface area contributed by atoms with Gasteiger partial charge in [0.05, 0.1) is 23.1 Å². The molecule has 0 radical (unpaired) electrons. The highest BCUT2D eigenvalue weighted by Gasteiger charge is 2.22. The van der Waals surface area contributed by atoms with E-state index in [9.17, 15) is 18.0 Å². The average Bonchev–Trinajstić information content (AvgIpc) is 3.18. The van der Waals surface area contributed by atoms with E-state index in [1.165, 1.54) is 56.2 Å². The molecule has 0 aliphatic heterocycles. The molecule has 0 saturated heterocycles. The molecule has 3 aromatic rings. The number of ketones is 1. The smallest absolute Gasteiger partial charge is 0.338 e. The number of methoxy groups -OCH3 is 1. The molecule has 0 saturated carbocycles. The number of pyridine rings is 1. The van der Waals surface area contributed by atoms with Crippen LogP contribution in [0.3, 0.4) is 0 Å². The SMILES string of the molecule is COC(=O)c1ccncc1C(=O)c1ccn(S(=O)(=O)c2ccccc2)c1. The minimum atomic E-state index is -3.81. The van der Waals surface area contributed by atoms with Gasteiger partial charge in [-0.3, -0.25) is 9.78 Å². The van der Waals surface area contributed by atoms with E-state index >= 15 is 0 Å². The van der Waals surface area contributed by atoms with Gasteiger partial charge < -0.3 is 4.74 Å². The average molecular weight is 370 g/mol. The van der Waals surface area contributed by atoms with Crippen molar-refractivity contribution in [2.45, 2.75) is 4.90 Å². The number of hydrogen-bond donors (Lipinski definition) is 0. The molecule has 132 valence electrons. The summed E-state index contributed by atoms with van der Waals surface area (Å²) in [5.74, 6) is -1.20. The molecule has 0 atom stereocenters. The predicted octanol–water partition coefficient (Wildman–Crippen LogP) is 2.14. The largest absolute Gasteiger partial charge is 0.465 e. The van der Waals surface area contributed by atoms with E-state index in [1.807, 2.05) is 0 Å². The van der Waals surface area contributed by atoms with Crippen LogP contribution >= 0.6 is 0 Å². The molecule has 0 amide bonds. The monoisotopic (exact) mass is 370 g/mol. The summed E-state index contributed by atoms with van der Waals surface area (Å²) < 4.78 is 30.8. The maximum absolute atomic E-state index is 12.7. The van der Waals surface area contributed by atoms with E-state index in [-0.39, 0.29) is 21.6 Å². The second-order valence-electron chi connectivity index (χ2n) is 5.29. The van der Waals surface area contributed by atoms with E-state index in [0.717, 1.165) is 3.97 Å². The second-order valence-corrected chi connectivity index (χ2v) is 7.13. The van der Waals surface area contributed by atoms with Crippen LogP contribution in [0.15, 0.2) is 72.1 Å². The van der Waals surface area contributed by atoms with Crippen LogP contribution in [0, 0.1) is 0 Å². The lowest BCUT2D eigenvalue weighted by Crippen LogP contribution is -2.13. The number of carbonyl (C=O) groups excluding carboxylic acids is 2. The maximum atomic E-state index is 12.7. The Morgan fingerprint density at radius 3 is 2.46 bits per heavy atom. The number of carbonyl (C=O) groups is 2. The molecule has 0 fully saturated rings. The lowest BCUT2D eigenvalue weighted by Gasteiger charge is -2.06. The first-order chi connectivity index (χ1) is 12.4. The zero-order chi connectivity index (χ0) is 18.7. The van der Waals surface area contributed by atoms with Crippen LogP contribution in [0.2, 0.25) is 0 Å². The summed E-state index contributed by atoms with van der Waals surface area (Å²) in [6.07, 6.45) is 5.11. The third-order valence-corrected chi connectivity index (χ3v) is 5.37. The first-order valence-corrected chi connectivity index (χ1v) is 8.95. The molecule has 1 aromatic carbocycles. The Hall–Kier alpha value is -3.26. The van der Waals surface area contributed by atoms with E-state index in [2.05, 4.69) is 9.72 Å². The van der Waals surface area contributed by atoms with Crippen LogP contribution in [-0.4, -0.2) is 36.2 Å². The van der Waals surface area contributed by atoms with Crippen molar-refractivity contribution >= 4 is 21.8 Å². The molecule has 0 spiro atoms. The van der Waals surface area contributed by atoms with Crippen molar-refractivity contribution in [1.29, 1.82) is 0 Å². The van der Waals surface area contributed by atoms with Crippen LogP contribution in [0.25, 0.3) is 0 Å². The quantitative estimate of drug-likeness (QED) is 0.504. The van der Waals surface area contributed by atoms with Gasteiger partial charge in [-0.2, -0.15) is 0 Å². The Morgan fingerprint density at radius 1 is 1.04 bits per heavy atom. The minimum absolute atomic E-state index is 0.0363. The van der Waals surface area contributed by atoms with Crippen molar-refractivity contribution in [3.8, 4) is 0 Å². The van der Waals surface area contributed by atoms with Crippen LogP contribution in [0.1, 0.15) is 26.3 Å². The van der Waals surface area contributed by atoms with Crippen molar-refractivity contribution in [1.82, 2.24) is 8.96 Å². The number of benzene rings is 1. The maximum Gasteiger partial charge on any atom is 0.338 e. The molecule has 0 aliphatic carbocycles. The molecule has 0 N–H and O–H groups in total. The van der Waals surface area contributed by atoms with Gasteiger partial charge in [0.25, 0.3) is 10.0 Å². The zero-order valence-electron chi connectivity index (χ0n) is 13.7. The number of hydrogen-bond acceptors (Lipinski definition) is 6. The van der Waals surface area contributed by atoms with Gasteiger partial charge in [-0.25, -0.2) is 17.2 Å². The fraction of sp³-hybridized carbons (Fsp3) is 0.0556. The lowest BCUT2D eigenvalue weighted by atomic mass is 10.0. The fourth-order valence-electron chi connectivity index (χ4n) is 2.39. The molecule has 0 aliphatic rings. The molecule has 2 heterocycles.